The molecule has 0 bridgehead atoms. The Morgan fingerprint density at radius 2 is 1.05 bits per heavy atom. The Kier molecular flexibility index (Phi) is 42.1. The van der Waals surface area contributed by atoms with Crippen molar-refractivity contribution in [2.24, 2.45) is 5.92 Å². The number of aliphatic hydroxyl groups excluding tert-OH is 2. The van der Waals surface area contributed by atoms with Crippen molar-refractivity contribution in [3.63, 3.8) is 0 Å². The molecule has 0 saturated carbocycles. The van der Waals surface area contributed by atoms with Crippen LogP contribution in [0.1, 0.15) is 181 Å². The molecule has 16 heteroatoms. The summed E-state index contributed by atoms with van der Waals surface area (Å²) in [6.07, 6.45) is 45.0. The number of aliphatic hydroxyl groups is 2. The van der Waals surface area contributed by atoms with E-state index in [9.17, 15) is 33.8 Å². The first kappa shape index (κ1) is 63.5. The predicted octanol–water partition coefficient (Wildman–Crippen LogP) is 12.2. The van der Waals surface area contributed by atoms with Crippen molar-refractivity contribution in [3.05, 3.63) is 72.9 Å². The molecule has 0 heterocycles. The van der Waals surface area contributed by atoms with Crippen molar-refractivity contribution in [2.75, 3.05) is 26.4 Å². The van der Waals surface area contributed by atoms with Crippen LogP contribution >= 0.6 is 15.6 Å². The van der Waals surface area contributed by atoms with E-state index in [2.05, 4.69) is 66.3 Å². The molecule has 0 aliphatic rings. The fourth-order valence-corrected chi connectivity index (χ4v) is 7.56. The van der Waals surface area contributed by atoms with Gasteiger partial charge in [-0.05, 0) is 50.9 Å². The molecule has 0 aliphatic heterocycles. The van der Waals surface area contributed by atoms with Gasteiger partial charge in [0.25, 0.3) is 0 Å². The molecular formula is C50H88O14P2. The molecule has 0 saturated heterocycles. The van der Waals surface area contributed by atoms with Crippen LogP contribution in [0.25, 0.3) is 0 Å². The lowest BCUT2D eigenvalue weighted by molar-refractivity contribution is -0.161. The first-order chi connectivity index (χ1) is 31.6. The Morgan fingerprint density at radius 1 is 0.545 bits per heavy atom. The number of carbonyl (C=O) groups excluding carboxylic acids is 2. The van der Waals surface area contributed by atoms with Crippen LogP contribution in [0, 0.1) is 5.92 Å². The molecule has 0 radical (unpaired) electrons. The smallest absolute Gasteiger partial charge is 0.462 e. The summed E-state index contributed by atoms with van der Waals surface area (Å²) in [5.74, 6) is -0.398. The first-order valence-electron chi connectivity index (χ1n) is 24.6. The van der Waals surface area contributed by atoms with Crippen LogP contribution in [-0.4, -0.2) is 81.6 Å². The third-order valence-electron chi connectivity index (χ3n) is 10.1. The molecule has 5 N–H and O–H groups in total. The van der Waals surface area contributed by atoms with Gasteiger partial charge in [-0.3, -0.25) is 23.2 Å². The van der Waals surface area contributed by atoms with Gasteiger partial charge in [0.2, 0.25) is 0 Å². The molecular weight excluding hydrogens is 886 g/mol. The molecule has 382 valence electrons. The second-order valence-electron chi connectivity index (χ2n) is 17.0. The van der Waals surface area contributed by atoms with Crippen molar-refractivity contribution in [3.8, 4) is 0 Å². The van der Waals surface area contributed by atoms with E-state index < -0.39 is 72.3 Å². The fraction of sp³-hybridized carbons (Fsp3) is 0.720. The van der Waals surface area contributed by atoms with Gasteiger partial charge in [0.15, 0.2) is 6.10 Å². The number of phosphoric acid groups is 2. The number of allylic oxidation sites excluding steroid dienone is 10. The fourth-order valence-electron chi connectivity index (χ4n) is 6.41. The number of hydrogen-bond donors (Lipinski definition) is 5. The van der Waals surface area contributed by atoms with E-state index in [1.807, 2.05) is 12.2 Å². The lowest BCUT2D eigenvalue weighted by atomic mass is 10.0. The minimum absolute atomic E-state index is 0.0129. The van der Waals surface area contributed by atoms with Crippen LogP contribution in [0.3, 0.4) is 0 Å². The first-order valence-corrected chi connectivity index (χ1v) is 27.6. The average molecular weight is 975 g/mol. The second kappa shape index (κ2) is 43.8. The number of rotatable bonds is 45. The molecule has 0 amide bonds. The zero-order valence-corrected chi connectivity index (χ0v) is 42.3. The van der Waals surface area contributed by atoms with E-state index in [0.717, 1.165) is 57.3 Å². The molecule has 0 rings (SSSR count). The number of unbranched alkanes of at least 4 members (excludes halogenated alkanes) is 15. The molecule has 0 aliphatic carbocycles. The van der Waals surface area contributed by atoms with E-state index in [1.54, 1.807) is 24.3 Å². The predicted molar refractivity (Wildman–Crippen MR) is 263 cm³/mol. The highest BCUT2D eigenvalue weighted by molar-refractivity contribution is 7.47. The van der Waals surface area contributed by atoms with Gasteiger partial charge in [0, 0.05) is 12.8 Å². The molecule has 0 aromatic carbocycles. The van der Waals surface area contributed by atoms with Gasteiger partial charge in [-0.1, -0.05) is 196 Å². The molecule has 2 unspecified atom stereocenters. The third kappa shape index (κ3) is 48.0. The summed E-state index contributed by atoms with van der Waals surface area (Å²) < 4.78 is 47.8. The van der Waals surface area contributed by atoms with Gasteiger partial charge in [-0.15, -0.1) is 0 Å². The standard InChI is InChI=1S/C50H88O14P2/c1-4-5-6-7-8-9-10-15-19-22-25-28-32-37-46(51)38-33-30-35-39-49(53)60-43-48(44-63-66(58,59)62-42-47(52)41-61-65(55,56)57)64-50(54)40-34-29-26-23-20-17-14-12-11-13-16-18-21-24-27-31-36-45(2)3/h5-6,8-9,15,19,25,28,30,32-33,37,45-48,51-52H,4,7,10-14,16-18,20-24,26-27,29,31,34-36,38-44H2,1-3H3,(H,58,59)(H2,55,56,57)/b6-5-,9-8-,19-15-,28-25-,33-30-,37-32-/t46?,47-,48+/m0/s1. The zero-order valence-electron chi connectivity index (χ0n) is 40.5. The summed E-state index contributed by atoms with van der Waals surface area (Å²) in [5.41, 5.74) is 0. The molecule has 0 aromatic rings. The summed E-state index contributed by atoms with van der Waals surface area (Å²) in [6.45, 7) is 3.80. The highest BCUT2D eigenvalue weighted by atomic mass is 31.2. The molecule has 0 aromatic heterocycles. The minimum Gasteiger partial charge on any atom is -0.462 e. The zero-order chi connectivity index (χ0) is 49.0. The Labute approximate surface area is 397 Å². The Hall–Kier alpha value is -2.48. The topological polar surface area (TPSA) is 216 Å². The van der Waals surface area contributed by atoms with Crippen LogP contribution < -0.4 is 0 Å². The van der Waals surface area contributed by atoms with Crippen molar-refractivity contribution >= 4 is 27.6 Å². The summed E-state index contributed by atoms with van der Waals surface area (Å²) in [6, 6.07) is 0. The summed E-state index contributed by atoms with van der Waals surface area (Å²) >= 11 is 0. The number of esters is 2. The van der Waals surface area contributed by atoms with Gasteiger partial charge in [0.1, 0.15) is 12.7 Å². The molecule has 66 heavy (non-hydrogen) atoms. The van der Waals surface area contributed by atoms with Crippen LogP contribution in [0.15, 0.2) is 72.9 Å². The molecule has 0 spiro atoms. The van der Waals surface area contributed by atoms with Crippen molar-refractivity contribution < 1.29 is 66.7 Å². The summed E-state index contributed by atoms with van der Waals surface area (Å²) in [4.78, 5) is 52.9. The Bertz CT molecular complexity index is 1470. The van der Waals surface area contributed by atoms with Gasteiger partial charge >= 0.3 is 27.6 Å². The lowest BCUT2D eigenvalue weighted by Crippen LogP contribution is -2.29. The Morgan fingerprint density at radius 3 is 1.59 bits per heavy atom. The van der Waals surface area contributed by atoms with Crippen LogP contribution in [0.4, 0.5) is 0 Å². The van der Waals surface area contributed by atoms with Crippen molar-refractivity contribution in [1.82, 2.24) is 0 Å². The second-order valence-corrected chi connectivity index (χ2v) is 19.7. The van der Waals surface area contributed by atoms with E-state index >= 15 is 0 Å². The number of hydrogen-bond acceptors (Lipinski definition) is 11. The summed E-state index contributed by atoms with van der Waals surface area (Å²) in [7, 11) is -9.74. The van der Waals surface area contributed by atoms with Crippen LogP contribution in [0.2, 0.25) is 0 Å². The monoisotopic (exact) mass is 975 g/mol. The van der Waals surface area contributed by atoms with E-state index in [4.69, 9.17) is 23.8 Å². The SMILES string of the molecule is CC/C=C\C/C=C\C/C=C\C/C=C\C=C/C(O)C/C=C\CCC(=O)OC[C@H](COP(=O)(O)OC[C@@H](O)COP(=O)(O)O)OC(=O)CCCCCCCCCCCCCCCCCCC(C)C. The summed E-state index contributed by atoms with van der Waals surface area (Å²) in [5, 5.41) is 20.0. The maximum atomic E-state index is 12.7. The average Bonchev–Trinajstić information content (AvgIpc) is 3.26. The number of ether oxygens (including phenoxy) is 2. The number of phosphoric ester groups is 2. The van der Waals surface area contributed by atoms with Crippen molar-refractivity contribution in [2.45, 2.75) is 200 Å². The molecule has 4 atom stereocenters. The molecule has 14 nitrogen and oxygen atoms in total. The van der Waals surface area contributed by atoms with Gasteiger partial charge in [0.05, 0.1) is 25.9 Å². The molecule has 0 fully saturated rings. The van der Waals surface area contributed by atoms with Gasteiger partial charge in [-0.2, -0.15) is 0 Å². The quantitative estimate of drug-likeness (QED) is 0.0126. The van der Waals surface area contributed by atoms with Crippen molar-refractivity contribution in [1.29, 1.82) is 0 Å². The van der Waals surface area contributed by atoms with Crippen LogP contribution in [-0.2, 0) is 41.8 Å². The Balaban J connectivity index is 4.62. The highest BCUT2D eigenvalue weighted by Gasteiger charge is 2.28. The number of carbonyl (C=O) groups is 2. The maximum absolute atomic E-state index is 12.7. The van der Waals surface area contributed by atoms with Gasteiger partial charge in [-0.25, -0.2) is 9.13 Å². The minimum atomic E-state index is -4.89. The normalized spacial score (nSPS) is 15.0. The highest BCUT2D eigenvalue weighted by Crippen LogP contribution is 2.43. The van der Waals surface area contributed by atoms with E-state index in [-0.39, 0.29) is 12.8 Å². The van der Waals surface area contributed by atoms with E-state index in [0.29, 0.717) is 19.3 Å². The van der Waals surface area contributed by atoms with Gasteiger partial charge < -0.3 is 34.4 Å². The lowest BCUT2D eigenvalue weighted by Gasteiger charge is -2.20. The third-order valence-corrected chi connectivity index (χ3v) is 11.6. The largest absolute Gasteiger partial charge is 0.472 e. The maximum Gasteiger partial charge on any atom is 0.472 e. The van der Waals surface area contributed by atoms with Crippen LogP contribution in [0.5, 0.6) is 0 Å². The van der Waals surface area contributed by atoms with E-state index in [1.165, 1.54) is 77.0 Å².